The first-order chi connectivity index (χ1) is 13.4. The van der Waals surface area contributed by atoms with Gasteiger partial charge in [0.25, 0.3) is 0 Å². The number of nitrogens with one attached hydrogen (secondary N) is 2. The highest BCUT2D eigenvalue weighted by molar-refractivity contribution is 5.76. The molecule has 0 radical (unpaired) electrons. The number of aromatic amines is 1. The number of hydrogen-bond donors (Lipinski definition) is 2. The molecule has 0 unspecified atom stereocenters. The zero-order valence-corrected chi connectivity index (χ0v) is 16.7. The van der Waals surface area contributed by atoms with Crippen LogP contribution in [-0.4, -0.2) is 25.9 Å². The fraction of sp³-hybridized carbons (Fsp3) is 0.409. The molecule has 0 spiro atoms. The Bertz CT molecular complexity index is 971. The molecule has 146 valence electrons. The predicted octanol–water partition coefficient (Wildman–Crippen LogP) is 3.67. The summed E-state index contributed by atoms with van der Waals surface area (Å²) in [6.07, 6.45) is 8.53. The largest absolute Gasteiger partial charge is 0.349 e. The van der Waals surface area contributed by atoms with Crippen LogP contribution in [0.4, 0.5) is 0 Å². The van der Waals surface area contributed by atoms with Crippen molar-refractivity contribution < 1.29 is 4.79 Å². The van der Waals surface area contributed by atoms with Crippen molar-refractivity contribution in [1.82, 2.24) is 25.3 Å². The number of amides is 1. The summed E-state index contributed by atoms with van der Waals surface area (Å²) in [6.45, 7) is 6.62. The molecule has 28 heavy (non-hydrogen) atoms. The molecule has 0 aliphatic heterocycles. The second-order valence-electron chi connectivity index (χ2n) is 8.52. The monoisotopic (exact) mass is 377 g/mol. The van der Waals surface area contributed by atoms with Crippen LogP contribution in [0.2, 0.25) is 0 Å². The molecule has 1 amide bonds. The van der Waals surface area contributed by atoms with E-state index < -0.39 is 0 Å². The zero-order valence-electron chi connectivity index (χ0n) is 16.7. The molecule has 6 heteroatoms. The van der Waals surface area contributed by atoms with Crippen molar-refractivity contribution in [1.29, 1.82) is 0 Å². The second-order valence-corrected chi connectivity index (χ2v) is 8.52. The molecule has 0 saturated heterocycles. The van der Waals surface area contributed by atoms with E-state index in [2.05, 4.69) is 53.1 Å². The maximum atomic E-state index is 12.6. The van der Waals surface area contributed by atoms with Gasteiger partial charge in [0.2, 0.25) is 5.91 Å². The molecular weight excluding hydrogens is 350 g/mol. The van der Waals surface area contributed by atoms with Crippen molar-refractivity contribution >= 4 is 5.91 Å². The van der Waals surface area contributed by atoms with Crippen molar-refractivity contribution in [3.63, 3.8) is 0 Å². The number of fused-ring (bicyclic) bond motifs is 1. The first-order valence-corrected chi connectivity index (χ1v) is 9.83. The van der Waals surface area contributed by atoms with Crippen molar-refractivity contribution in [2.24, 2.45) is 5.41 Å². The van der Waals surface area contributed by atoms with E-state index >= 15 is 0 Å². The standard InChI is InChI=1S/C22H27N5O/c1-15-6-4-5-7-19(15)27-20-11-22(2,3)10-18(17(20)14-25-27)26-21(28)9-8-16-12-23-24-13-16/h4-7,12-14,18H,8-11H2,1-3H3,(H,23,24)(H,26,28)/t18-/m0/s1. The fourth-order valence-electron chi connectivity index (χ4n) is 4.12. The summed E-state index contributed by atoms with van der Waals surface area (Å²) in [7, 11) is 0. The zero-order chi connectivity index (χ0) is 19.7. The van der Waals surface area contributed by atoms with E-state index in [0.717, 1.165) is 29.7 Å². The summed E-state index contributed by atoms with van der Waals surface area (Å²) in [5, 5.41) is 14.7. The lowest BCUT2D eigenvalue weighted by Gasteiger charge is -2.36. The van der Waals surface area contributed by atoms with Crippen molar-refractivity contribution in [2.45, 2.75) is 52.5 Å². The van der Waals surface area contributed by atoms with Crippen molar-refractivity contribution in [3.8, 4) is 5.69 Å². The molecule has 1 aliphatic rings. The summed E-state index contributed by atoms with van der Waals surface area (Å²) in [5.41, 5.74) is 5.77. The number of aromatic nitrogens is 4. The van der Waals surface area contributed by atoms with E-state index in [4.69, 9.17) is 5.10 Å². The molecule has 6 nitrogen and oxygen atoms in total. The van der Waals surface area contributed by atoms with Crippen LogP contribution in [0.5, 0.6) is 0 Å². The number of nitrogens with zero attached hydrogens (tertiary/aromatic N) is 3. The molecule has 3 aromatic rings. The van der Waals surface area contributed by atoms with E-state index in [1.54, 1.807) is 6.20 Å². The van der Waals surface area contributed by atoms with Gasteiger partial charge in [0, 0.05) is 18.2 Å². The Balaban J connectivity index is 1.57. The van der Waals surface area contributed by atoms with Crippen LogP contribution >= 0.6 is 0 Å². The van der Waals surface area contributed by atoms with Gasteiger partial charge in [-0.05, 0) is 48.8 Å². The van der Waals surface area contributed by atoms with Gasteiger partial charge in [0.15, 0.2) is 0 Å². The third-order valence-electron chi connectivity index (χ3n) is 5.55. The van der Waals surface area contributed by atoms with Crippen molar-refractivity contribution in [3.05, 3.63) is 65.2 Å². The first kappa shape index (κ1) is 18.5. The van der Waals surface area contributed by atoms with Gasteiger partial charge in [-0.3, -0.25) is 9.89 Å². The van der Waals surface area contributed by atoms with E-state index in [1.807, 2.05) is 24.5 Å². The summed E-state index contributed by atoms with van der Waals surface area (Å²) >= 11 is 0. The van der Waals surface area contributed by atoms with Gasteiger partial charge >= 0.3 is 0 Å². The molecule has 2 heterocycles. The number of carbonyl (C=O) groups excluding carboxylic acids is 1. The van der Waals surface area contributed by atoms with E-state index in [-0.39, 0.29) is 17.4 Å². The molecule has 0 saturated carbocycles. The third-order valence-corrected chi connectivity index (χ3v) is 5.55. The highest BCUT2D eigenvalue weighted by atomic mass is 16.1. The van der Waals surface area contributed by atoms with E-state index in [1.165, 1.54) is 11.3 Å². The van der Waals surface area contributed by atoms with Crippen LogP contribution in [0.3, 0.4) is 0 Å². The number of H-pyrrole nitrogens is 1. The third kappa shape index (κ3) is 3.72. The topological polar surface area (TPSA) is 75.6 Å². The molecule has 2 N–H and O–H groups in total. The lowest BCUT2D eigenvalue weighted by atomic mass is 9.74. The molecule has 1 aliphatic carbocycles. The van der Waals surface area contributed by atoms with Crippen LogP contribution in [0, 0.1) is 12.3 Å². The number of benzene rings is 1. The van der Waals surface area contributed by atoms with Crippen LogP contribution in [0.1, 0.15) is 55.1 Å². The quantitative estimate of drug-likeness (QED) is 0.712. The average molecular weight is 377 g/mol. The molecule has 4 rings (SSSR count). The summed E-state index contributed by atoms with van der Waals surface area (Å²) < 4.78 is 2.05. The van der Waals surface area contributed by atoms with Crippen LogP contribution in [-0.2, 0) is 17.6 Å². The Morgan fingerprint density at radius 2 is 2.14 bits per heavy atom. The minimum Gasteiger partial charge on any atom is -0.349 e. The van der Waals surface area contributed by atoms with Gasteiger partial charge < -0.3 is 5.32 Å². The minimum absolute atomic E-state index is 0.00614. The fourth-order valence-corrected chi connectivity index (χ4v) is 4.12. The Hall–Kier alpha value is -2.89. The number of rotatable bonds is 5. The van der Waals surface area contributed by atoms with Gasteiger partial charge in [-0.1, -0.05) is 32.0 Å². The summed E-state index contributed by atoms with van der Waals surface area (Å²) in [4.78, 5) is 12.6. The van der Waals surface area contributed by atoms with Crippen LogP contribution in [0.15, 0.2) is 42.9 Å². The molecular formula is C22H27N5O. The van der Waals surface area contributed by atoms with Crippen LogP contribution in [0.25, 0.3) is 5.69 Å². The average Bonchev–Trinajstić information content (AvgIpc) is 3.29. The summed E-state index contributed by atoms with van der Waals surface area (Å²) in [5.74, 6) is 0.0680. The summed E-state index contributed by atoms with van der Waals surface area (Å²) in [6, 6.07) is 8.28. The lowest BCUT2D eigenvalue weighted by molar-refractivity contribution is -0.122. The van der Waals surface area contributed by atoms with Gasteiger partial charge in [-0.2, -0.15) is 10.2 Å². The van der Waals surface area contributed by atoms with Gasteiger partial charge in [-0.15, -0.1) is 0 Å². The Morgan fingerprint density at radius 1 is 1.32 bits per heavy atom. The van der Waals surface area contributed by atoms with Crippen LogP contribution < -0.4 is 5.32 Å². The van der Waals surface area contributed by atoms with Gasteiger partial charge in [0.05, 0.1) is 29.8 Å². The number of aryl methyl sites for hydroxylation is 2. The molecule has 0 fully saturated rings. The SMILES string of the molecule is Cc1ccccc1-n1ncc2c1CC(C)(C)C[C@@H]2NC(=O)CCc1cn[nH]c1. The molecule has 2 aromatic heterocycles. The smallest absolute Gasteiger partial charge is 0.220 e. The number of para-hydroxylation sites is 1. The lowest BCUT2D eigenvalue weighted by Crippen LogP contribution is -2.36. The minimum atomic E-state index is -0.00614. The van der Waals surface area contributed by atoms with E-state index in [9.17, 15) is 4.79 Å². The van der Waals surface area contributed by atoms with E-state index in [0.29, 0.717) is 12.8 Å². The Morgan fingerprint density at radius 3 is 2.89 bits per heavy atom. The second kappa shape index (κ2) is 7.26. The Kier molecular flexibility index (Phi) is 4.79. The number of carbonyl (C=O) groups is 1. The first-order valence-electron chi connectivity index (χ1n) is 9.83. The maximum Gasteiger partial charge on any atom is 0.220 e. The maximum absolute atomic E-state index is 12.6. The highest BCUT2D eigenvalue weighted by Gasteiger charge is 2.36. The molecule has 0 bridgehead atoms. The Labute approximate surface area is 165 Å². The number of hydrogen-bond acceptors (Lipinski definition) is 3. The normalized spacial score (nSPS) is 17.9. The van der Waals surface area contributed by atoms with Gasteiger partial charge in [-0.25, -0.2) is 4.68 Å². The predicted molar refractivity (Wildman–Crippen MR) is 108 cm³/mol. The highest BCUT2D eigenvalue weighted by Crippen LogP contribution is 2.41. The van der Waals surface area contributed by atoms with Gasteiger partial charge in [0.1, 0.15) is 0 Å². The molecule has 1 aromatic carbocycles. The van der Waals surface area contributed by atoms with Crippen molar-refractivity contribution in [2.75, 3.05) is 0 Å². The molecule has 1 atom stereocenters.